The summed E-state index contributed by atoms with van der Waals surface area (Å²) in [7, 11) is 5.35. The first-order valence-electron chi connectivity index (χ1n) is 8.62. The molecule has 2 heterocycles. The van der Waals surface area contributed by atoms with Gasteiger partial charge in [0, 0.05) is 26.7 Å². The molecule has 1 N–H and O–H groups in total. The normalized spacial score (nSPS) is 15.7. The number of ether oxygens (including phenoxy) is 1. The van der Waals surface area contributed by atoms with Crippen LogP contribution >= 0.6 is 11.5 Å². The van der Waals surface area contributed by atoms with Gasteiger partial charge < -0.3 is 19.9 Å². The average Bonchev–Trinajstić information content (AvgIpc) is 3.06. The van der Waals surface area contributed by atoms with Crippen LogP contribution in [0, 0.1) is 6.92 Å². The molecular formula is C18H23N5O3S. The van der Waals surface area contributed by atoms with Crippen LogP contribution in [0.15, 0.2) is 18.2 Å². The highest BCUT2D eigenvalue weighted by molar-refractivity contribution is 7.05. The Labute approximate surface area is 162 Å². The van der Waals surface area contributed by atoms with E-state index in [4.69, 9.17) is 4.74 Å². The number of anilines is 1. The van der Waals surface area contributed by atoms with Crippen LogP contribution in [-0.4, -0.2) is 60.1 Å². The Morgan fingerprint density at radius 3 is 2.85 bits per heavy atom. The van der Waals surface area contributed by atoms with Gasteiger partial charge in [-0.15, -0.1) is 5.10 Å². The van der Waals surface area contributed by atoms with Crippen molar-refractivity contribution in [3.8, 4) is 5.75 Å². The Balaban J connectivity index is 1.65. The van der Waals surface area contributed by atoms with Gasteiger partial charge in [-0.05, 0) is 36.7 Å². The number of aryl methyl sites for hydroxylation is 1. The van der Waals surface area contributed by atoms with E-state index in [1.54, 1.807) is 26.2 Å². The first-order chi connectivity index (χ1) is 12.9. The maximum Gasteiger partial charge on any atom is 0.253 e. The number of carbonyl (C=O) groups is 2. The molecule has 27 heavy (non-hydrogen) atoms. The average molecular weight is 389 g/mol. The molecule has 0 spiro atoms. The molecule has 3 rings (SSSR count). The lowest BCUT2D eigenvalue weighted by Gasteiger charge is -2.35. The molecule has 1 aromatic heterocycles. The minimum absolute atomic E-state index is 0.0628. The molecule has 1 atom stereocenters. The van der Waals surface area contributed by atoms with Crippen molar-refractivity contribution < 1.29 is 14.3 Å². The van der Waals surface area contributed by atoms with Crippen LogP contribution in [0.25, 0.3) is 0 Å². The zero-order chi connectivity index (χ0) is 19.6. The number of nitrogens with zero attached hydrogens (tertiary/aromatic N) is 4. The van der Waals surface area contributed by atoms with Gasteiger partial charge in [-0.1, -0.05) is 4.49 Å². The van der Waals surface area contributed by atoms with Gasteiger partial charge in [0.05, 0.1) is 35.3 Å². The van der Waals surface area contributed by atoms with E-state index in [0.717, 1.165) is 22.0 Å². The number of rotatable bonds is 5. The van der Waals surface area contributed by atoms with E-state index in [-0.39, 0.29) is 17.9 Å². The molecule has 1 aliphatic rings. The van der Waals surface area contributed by atoms with Gasteiger partial charge >= 0.3 is 0 Å². The third kappa shape index (κ3) is 4.19. The lowest BCUT2D eigenvalue weighted by molar-refractivity contribution is -0.121. The molecule has 0 unspecified atom stereocenters. The van der Waals surface area contributed by atoms with Crippen molar-refractivity contribution in [1.29, 1.82) is 0 Å². The topological polar surface area (TPSA) is 87.7 Å². The minimum Gasteiger partial charge on any atom is -0.489 e. The molecule has 9 heteroatoms. The third-order valence-electron chi connectivity index (χ3n) is 4.58. The molecule has 144 valence electrons. The molecule has 0 radical (unpaired) electrons. The number of hydrogen-bond acceptors (Lipinski definition) is 7. The van der Waals surface area contributed by atoms with Crippen LogP contribution in [0.4, 0.5) is 5.69 Å². The largest absolute Gasteiger partial charge is 0.489 e. The zero-order valence-electron chi connectivity index (χ0n) is 15.9. The maximum atomic E-state index is 12.3. The van der Waals surface area contributed by atoms with Gasteiger partial charge in [-0.3, -0.25) is 9.59 Å². The second kappa shape index (κ2) is 7.91. The van der Waals surface area contributed by atoms with Crippen molar-refractivity contribution >= 4 is 29.0 Å². The molecule has 0 saturated heterocycles. The van der Waals surface area contributed by atoms with Crippen molar-refractivity contribution in [3.63, 3.8) is 0 Å². The first-order valence-corrected chi connectivity index (χ1v) is 9.40. The van der Waals surface area contributed by atoms with E-state index >= 15 is 0 Å². The van der Waals surface area contributed by atoms with E-state index in [9.17, 15) is 9.59 Å². The number of likely N-dealkylation sites (N-methyl/N-ethyl adjacent to an activating group) is 1. The summed E-state index contributed by atoms with van der Waals surface area (Å²) in [6.07, 6.45) is 0.299. The number of fused-ring (bicyclic) bond motifs is 1. The lowest BCUT2D eigenvalue weighted by Crippen LogP contribution is -2.43. The third-order valence-corrected chi connectivity index (χ3v) is 5.41. The fourth-order valence-corrected chi connectivity index (χ4v) is 3.45. The predicted molar refractivity (Wildman–Crippen MR) is 103 cm³/mol. The van der Waals surface area contributed by atoms with Crippen LogP contribution < -0.4 is 15.0 Å². The monoisotopic (exact) mass is 389 g/mol. The zero-order valence-corrected chi connectivity index (χ0v) is 16.7. The Kier molecular flexibility index (Phi) is 5.59. The van der Waals surface area contributed by atoms with Crippen molar-refractivity contribution in [3.05, 3.63) is 34.3 Å². The van der Waals surface area contributed by atoms with Gasteiger partial charge in [0.2, 0.25) is 5.91 Å². The molecule has 0 saturated carbocycles. The predicted octanol–water partition coefficient (Wildman–Crippen LogP) is 1.45. The molecule has 2 amide bonds. The molecular weight excluding hydrogens is 366 g/mol. The van der Waals surface area contributed by atoms with Crippen LogP contribution in [0.3, 0.4) is 0 Å². The van der Waals surface area contributed by atoms with Gasteiger partial charge in [-0.25, -0.2) is 0 Å². The van der Waals surface area contributed by atoms with E-state index in [1.807, 2.05) is 24.9 Å². The number of benzene rings is 1. The first kappa shape index (κ1) is 19.1. The summed E-state index contributed by atoms with van der Waals surface area (Å²) in [5.41, 5.74) is 2.24. The standard InChI is InChI=1S/C18H23N5O3S/c1-11-16(27-21-20-11)9-19-17(24)8-13-10-26-15-6-5-12(18(25)22(2)3)7-14(15)23(13)4/h5-7,13H,8-10H2,1-4H3,(H,19,24)/t13-/m1/s1. The van der Waals surface area contributed by atoms with Crippen LogP contribution in [-0.2, 0) is 11.3 Å². The second-order valence-electron chi connectivity index (χ2n) is 6.72. The number of aromatic nitrogens is 2. The maximum absolute atomic E-state index is 12.3. The quantitative estimate of drug-likeness (QED) is 0.833. The van der Waals surface area contributed by atoms with Gasteiger partial charge in [0.25, 0.3) is 5.91 Å². The molecule has 1 aliphatic heterocycles. The SMILES string of the molecule is Cc1nnsc1CNC(=O)C[C@@H]1COc2ccc(C(=O)N(C)C)cc2N1C. The van der Waals surface area contributed by atoms with Crippen molar-refractivity contribution in [2.75, 3.05) is 32.6 Å². The van der Waals surface area contributed by atoms with Crippen LogP contribution in [0.5, 0.6) is 5.75 Å². The Bertz CT molecular complexity index is 851. The van der Waals surface area contributed by atoms with E-state index < -0.39 is 0 Å². The summed E-state index contributed by atoms with van der Waals surface area (Å²) < 4.78 is 9.68. The molecule has 0 aliphatic carbocycles. The number of amides is 2. The van der Waals surface area contributed by atoms with E-state index in [1.165, 1.54) is 16.4 Å². The fraction of sp³-hybridized carbons (Fsp3) is 0.444. The van der Waals surface area contributed by atoms with E-state index in [2.05, 4.69) is 14.9 Å². The summed E-state index contributed by atoms with van der Waals surface area (Å²) in [4.78, 5) is 29.1. The van der Waals surface area contributed by atoms with Crippen molar-refractivity contribution in [2.24, 2.45) is 0 Å². The van der Waals surface area contributed by atoms with E-state index in [0.29, 0.717) is 25.1 Å². The second-order valence-corrected chi connectivity index (χ2v) is 7.56. The summed E-state index contributed by atoms with van der Waals surface area (Å²) in [5.74, 6) is 0.586. The summed E-state index contributed by atoms with van der Waals surface area (Å²) in [6, 6.07) is 5.27. The Morgan fingerprint density at radius 2 is 2.19 bits per heavy atom. The highest BCUT2D eigenvalue weighted by atomic mass is 32.1. The fourth-order valence-electron chi connectivity index (χ4n) is 2.87. The minimum atomic E-state index is -0.108. The molecule has 2 aromatic rings. The Hall–Kier alpha value is -2.68. The highest BCUT2D eigenvalue weighted by Gasteiger charge is 2.27. The van der Waals surface area contributed by atoms with Gasteiger partial charge in [0.1, 0.15) is 12.4 Å². The number of nitrogens with one attached hydrogen (secondary N) is 1. The molecule has 8 nitrogen and oxygen atoms in total. The number of carbonyl (C=O) groups excluding carboxylic acids is 2. The highest BCUT2D eigenvalue weighted by Crippen LogP contribution is 2.34. The van der Waals surface area contributed by atoms with Crippen LogP contribution in [0.1, 0.15) is 27.3 Å². The summed E-state index contributed by atoms with van der Waals surface area (Å²) in [5, 5.41) is 6.85. The van der Waals surface area contributed by atoms with Crippen molar-refractivity contribution in [2.45, 2.75) is 25.9 Å². The van der Waals surface area contributed by atoms with Gasteiger partial charge in [-0.2, -0.15) is 0 Å². The van der Waals surface area contributed by atoms with Crippen molar-refractivity contribution in [1.82, 2.24) is 19.8 Å². The smallest absolute Gasteiger partial charge is 0.253 e. The molecule has 0 bridgehead atoms. The number of hydrogen-bond donors (Lipinski definition) is 1. The summed E-state index contributed by atoms with van der Waals surface area (Å²) >= 11 is 1.29. The van der Waals surface area contributed by atoms with Crippen LogP contribution in [0.2, 0.25) is 0 Å². The summed E-state index contributed by atoms with van der Waals surface area (Å²) in [6.45, 7) is 2.72. The van der Waals surface area contributed by atoms with Gasteiger partial charge in [0.15, 0.2) is 0 Å². The molecule has 0 fully saturated rings. The lowest BCUT2D eigenvalue weighted by atomic mass is 10.1. The Morgan fingerprint density at radius 1 is 1.41 bits per heavy atom. The molecule has 1 aromatic carbocycles.